The van der Waals surface area contributed by atoms with Crippen LogP contribution >= 0.6 is 0 Å². The Morgan fingerprint density at radius 2 is 1.58 bits per heavy atom. The van der Waals surface area contributed by atoms with E-state index in [0.29, 0.717) is 12.3 Å². The Kier molecular flexibility index (Phi) is 8.65. The summed E-state index contributed by atoms with van der Waals surface area (Å²) in [6.45, 7) is 3.26. The van der Waals surface area contributed by atoms with E-state index in [1.165, 1.54) is 56.9 Å². The molecule has 132 valence electrons. The summed E-state index contributed by atoms with van der Waals surface area (Å²) in [5.41, 5.74) is 2.41. The summed E-state index contributed by atoms with van der Waals surface area (Å²) < 4.78 is 0. The van der Waals surface area contributed by atoms with Crippen LogP contribution in [-0.2, 0) is 4.79 Å². The fourth-order valence-corrected chi connectivity index (χ4v) is 3.48. The molecule has 1 aliphatic carbocycles. The van der Waals surface area contributed by atoms with Gasteiger partial charge < -0.3 is 5.32 Å². The summed E-state index contributed by atoms with van der Waals surface area (Å²) in [7, 11) is 0. The van der Waals surface area contributed by atoms with Crippen LogP contribution in [0.4, 0.5) is 0 Å². The van der Waals surface area contributed by atoms with Gasteiger partial charge in [0.05, 0.1) is 0 Å². The molecule has 0 fully saturated rings. The van der Waals surface area contributed by atoms with Gasteiger partial charge in [-0.3, -0.25) is 4.79 Å². The average molecular weight is 328 g/mol. The van der Waals surface area contributed by atoms with E-state index in [1.54, 1.807) is 0 Å². The fraction of sp³-hybridized carbons (Fsp3) is 0.591. The average Bonchev–Trinajstić information content (AvgIpc) is 2.60. The SMILES string of the molecule is CCCCCCCCCCNC1=CC(=O)CC(c2ccccc2)C1. The second-order valence-electron chi connectivity index (χ2n) is 7.05. The monoisotopic (exact) mass is 327 g/mol. The number of nitrogens with one attached hydrogen (secondary N) is 1. The van der Waals surface area contributed by atoms with Crippen LogP contribution in [0.25, 0.3) is 0 Å². The molecule has 0 aliphatic heterocycles. The van der Waals surface area contributed by atoms with Crippen molar-refractivity contribution in [1.82, 2.24) is 5.32 Å². The van der Waals surface area contributed by atoms with Gasteiger partial charge in [0.25, 0.3) is 0 Å². The van der Waals surface area contributed by atoms with Gasteiger partial charge >= 0.3 is 0 Å². The number of rotatable bonds is 11. The van der Waals surface area contributed by atoms with E-state index in [1.807, 2.05) is 12.1 Å². The van der Waals surface area contributed by atoms with Crippen molar-refractivity contribution >= 4 is 5.78 Å². The topological polar surface area (TPSA) is 29.1 Å². The lowest BCUT2D eigenvalue weighted by Crippen LogP contribution is -2.22. The molecule has 0 aromatic heterocycles. The Bertz CT molecular complexity index is 506. The van der Waals surface area contributed by atoms with Crippen LogP contribution in [-0.4, -0.2) is 12.3 Å². The van der Waals surface area contributed by atoms with Crippen LogP contribution in [0.5, 0.6) is 0 Å². The number of hydrogen-bond donors (Lipinski definition) is 1. The Morgan fingerprint density at radius 1 is 0.917 bits per heavy atom. The number of carbonyl (C=O) groups is 1. The molecule has 0 saturated carbocycles. The number of allylic oxidation sites excluding steroid dienone is 2. The minimum atomic E-state index is 0.258. The number of unbranched alkanes of at least 4 members (excludes halogenated alkanes) is 7. The van der Waals surface area contributed by atoms with Crippen molar-refractivity contribution in [2.24, 2.45) is 0 Å². The van der Waals surface area contributed by atoms with E-state index in [4.69, 9.17) is 0 Å². The van der Waals surface area contributed by atoms with Crippen molar-refractivity contribution in [2.75, 3.05) is 6.54 Å². The highest BCUT2D eigenvalue weighted by molar-refractivity contribution is 5.91. The van der Waals surface area contributed by atoms with Crippen molar-refractivity contribution in [3.63, 3.8) is 0 Å². The molecular weight excluding hydrogens is 294 g/mol. The van der Waals surface area contributed by atoms with Gasteiger partial charge in [0, 0.05) is 24.7 Å². The standard InChI is InChI=1S/C22H33NO/c1-2-3-4-5-6-7-8-12-15-23-21-16-20(17-22(24)18-21)19-13-10-9-11-14-19/h9-11,13-14,18,20,23H,2-8,12,15-17H2,1H3. The normalized spacial score (nSPS) is 17.6. The van der Waals surface area contributed by atoms with Crippen molar-refractivity contribution in [1.29, 1.82) is 0 Å². The molecule has 0 radical (unpaired) electrons. The molecule has 1 aromatic rings. The van der Waals surface area contributed by atoms with Gasteiger partial charge in [0.2, 0.25) is 0 Å². The van der Waals surface area contributed by atoms with E-state index in [2.05, 4.69) is 36.5 Å². The highest BCUT2D eigenvalue weighted by Gasteiger charge is 2.21. The van der Waals surface area contributed by atoms with Crippen LogP contribution in [0.15, 0.2) is 42.1 Å². The second-order valence-corrected chi connectivity index (χ2v) is 7.05. The highest BCUT2D eigenvalue weighted by Crippen LogP contribution is 2.30. The third-order valence-corrected chi connectivity index (χ3v) is 4.90. The maximum absolute atomic E-state index is 12.0. The molecule has 1 N–H and O–H groups in total. The van der Waals surface area contributed by atoms with Gasteiger partial charge in [0.15, 0.2) is 5.78 Å². The van der Waals surface area contributed by atoms with Crippen LogP contribution in [0, 0.1) is 0 Å². The van der Waals surface area contributed by atoms with E-state index in [-0.39, 0.29) is 5.78 Å². The summed E-state index contributed by atoms with van der Waals surface area (Å²) in [6, 6.07) is 10.4. The fourth-order valence-electron chi connectivity index (χ4n) is 3.48. The van der Waals surface area contributed by atoms with Gasteiger partial charge in [0.1, 0.15) is 0 Å². The summed E-state index contributed by atoms with van der Waals surface area (Å²) in [5.74, 6) is 0.596. The van der Waals surface area contributed by atoms with Crippen LogP contribution < -0.4 is 5.32 Å². The molecule has 0 heterocycles. The Labute approximate surface area is 147 Å². The maximum Gasteiger partial charge on any atom is 0.158 e. The van der Waals surface area contributed by atoms with E-state index < -0.39 is 0 Å². The van der Waals surface area contributed by atoms with Crippen LogP contribution in [0.2, 0.25) is 0 Å². The number of carbonyl (C=O) groups excluding carboxylic acids is 1. The lowest BCUT2D eigenvalue weighted by atomic mass is 9.85. The molecule has 0 spiro atoms. The smallest absolute Gasteiger partial charge is 0.158 e. The van der Waals surface area contributed by atoms with E-state index in [9.17, 15) is 4.79 Å². The third kappa shape index (κ3) is 6.90. The lowest BCUT2D eigenvalue weighted by Gasteiger charge is -2.23. The molecule has 2 heteroatoms. The minimum absolute atomic E-state index is 0.258. The van der Waals surface area contributed by atoms with Crippen LogP contribution in [0.1, 0.15) is 82.6 Å². The van der Waals surface area contributed by atoms with Gasteiger partial charge in [-0.2, -0.15) is 0 Å². The van der Waals surface area contributed by atoms with Gasteiger partial charge in [-0.1, -0.05) is 82.2 Å². The van der Waals surface area contributed by atoms with Crippen molar-refractivity contribution in [2.45, 2.75) is 77.0 Å². The predicted octanol–water partition coefficient (Wildman–Crippen LogP) is 5.75. The molecule has 0 amide bonds. The molecule has 0 bridgehead atoms. The Morgan fingerprint density at radius 3 is 2.29 bits per heavy atom. The summed E-state index contributed by atoms with van der Waals surface area (Å²) in [6.07, 6.45) is 14.1. The number of benzene rings is 1. The van der Waals surface area contributed by atoms with Gasteiger partial charge in [-0.25, -0.2) is 0 Å². The Hall–Kier alpha value is -1.57. The van der Waals surface area contributed by atoms with E-state index >= 15 is 0 Å². The van der Waals surface area contributed by atoms with Crippen LogP contribution in [0.3, 0.4) is 0 Å². The maximum atomic E-state index is 12.0. The molecule has 24 heavy (non-hydrogen) atoms. The summed E-state index contributed by atoms with van der Waals surface area (Å²) >= 11 is 0. The number of ketones is 1. The van der Waals surface area contributed by atoms with Gasteiger partial charge in [-0.05, 0) is 24.3 Å². The van der Waals surface area contributed by atoms with Crippen molar-refractivity contribution in [3.8, 4) is 0 Å². The molecular formula is C22H33NO. The first-order valence-electron chi connectivity index (χ1n) is 9.82. The molecule has 1 aliphatic rings. The molecule has 2 rings (SSSR count). The van der Waals surface area contributed by atoms with E-state index in [0.717, 1.165) is 18.7 Å². The first kappa shape index (κ1) is 18.8. The highest BCUT2D eigenvalue weighted by atomic mass is 16.1. The van der Waals surface area contributed by atoms with Crippen molar-refractivity contribution in [3.05, 3.63) is 47.7 Å². The quantitative estimate of drug-likeness (QED) is 0.524. The van der Waals surface area contributed by atoms with Gasteiger partial charge in [-0.15, -0.1) is 0 Å². The molecule has 1 aromatic carbocycles. The first-order valence-corrected chi connectivity index (χ1v) is 9.82. The predicted molar refractivity (Wildman–Crippen MR) is 102 cm³/mol. The summed E-state index contributed by atoms with van der Waals surface area (Å²) in [5, 5.41) is 3.50. The third-order valence-electron chi connectivity index (χ3n) is 4.90. The molecule has 0 saturated heterocycles. The zero-order valence-corrected chi connectivity index (χ0v) is 15.2. The minimum Gasteiger partial charge on any atom is -0.388 e. The molecule has 2 nitrogen and oxygen atoms in total. The number of hydrogen-bond acceptors (Lipinski definition) is 2. The molecule has 1 unspecified atom stereocenters. The van der Waals surface area contributed by atoms with Crippen molar-refractivity contribution < 1.29 is 4.79 Å². The largest absolute Gasteiger partial charge is 0.388 e. The zero-order chi connectivity index (χ0) is 17.0. The molecule has 1 atom stereocenters. The zero-order valence-electron chi connectivity index (χ0n) is 15.2. The lowest BCUT2D eigenvalue weighted by molar-refractivity contribution is -0.115. The first-order chi connectivity index (χ1) is 11.8. The summed E-state index contributed by atoms with van der Waals surface area (Å²) in [4.78, 5) is 12.0. The Balaban J connectivity index is 1.63. The second kappa shape index (κ2) is 11.1.